The minimum Gasteiger partial charge on any atom is -0.281 e. The molecule has 1 aliphatic heterocycles. The first-order valence-corrected chi connectivity index (χ1v) is 8.55. The Labute approximate surface area is 118 Å². The summed E-state index contributed by atoms with van der Waals surface area (Å²) in [5.41, 5.74) is 1.23. The lowest BCUT2D eigenvalue weighted by atomic mass is 10.0. The van der Waals surface area contributed by atoms with Crippen LogP contribution in [0.1, 0.15) is 45.1 Å². The molecular weight excluding hydrogens is 258 g/mol. The molecule has 0 aliphatic carbocycles. The molecule has 3 nitrogen and oxygen atoms in total. The van der Waals surface area contributed by atoms with E-state index in [-0.39, 0.29) is 0 Å². The fraction of sp³-hybridized carbons (Fsp3) is 0.600. The van der Waals surface area contributed by atoms with Crippen LogP contribution in [0.25, 0.3) is 0 Å². The van der Waals surface area contributed by atoms with Crippen molar-refractivity contribution in [1.82, 2.24) is 4.31 Å². The number of hydrogen-bond donors (Lipinski definition) is 2. The molecule has 1 atom stereocenters. The van der Waals surface area contributed by atoms with Crippen molar-refractivity contribution in [1.29, 1.82) is 0 Å². The molecule has 0 spiro atoms. The molecule has 1 aromatic rings. The number of rotatable bonds is 3. The lowest BCUT2D eigenvalue weighted by Crippen LogP contribution is -2.36. The normalized spacial score (nSPS) is 22.7. The minimum absolute atomic E-state index is 0.464. The summed E-state index contributed by atoms with van der Waals surface area (Å²) in [5, 5.41) is 0. The standard InChI is InChI=1S/C15H25NO2S/c1-12(2)14-6-8-15(9-7-14)19(17,18)16-10-4-5-13(3)11-16/h6-9,12-13,17-18H,4-5,10-11H2,1-3H3. The van der Waals surface area contributed by atoms with Gasteiger partial charge in [0.15, 0.2) is 0 Å². The van der Waals surface area contributed by atoms with Crippen molar-refractivity contribution >= 4 is 10.8 Å². The van der Waals surface area contributed by atoms with Crippen molar-refractivity contribution in [3.63, 3.8) is 0 Å². The molecule has 19 heavy (non-hydrogen) atoms. The second kappa shape index (κ2) is 5.83. The van der Waals surface area contributed by atoms with Gasteiger partial charge in [0.2, 0.25) is 0 Å². The molecule has 2 N–H and O–H groups in total. The number of hydrogen-bond acceptors (Lipinski definition) is 3. The first-order chi connectivity index (χ1) is 8.91. The van der Waals surface area contributed by atoms with Crippen molar-refractivity contribution < 1.29 is 9.11 Å². The largest absolute Gasteiger partial charge is 0.281 e. The van der Waals surface area contributed by atoms with E-state index in [9.17, 15) is 9.11 Å². The van der Waals surface area contributed by atoms with E-state index in [4.69, 9.17) is 0 Å². The second-order valence-corrected chi connectivity index (χ2v) is 7.90. The van der Waals surface area contributed by atoms with E-state index in [2.05, 4.69) is 20.8 Å². The highest BCUT2D eigenvalue weighted by Crippen LogP contribution is 2.52. The van der Waals surface area contributed by atoms with Crippen LogP contribution in [0.3, 0.4) is 0 Å². The van der Waals surface area contributed by atoms with Gasteiger partial charge in [0.05, 0.1) is 4.90 Å². The first-order valence-electron chi connectivity index (χ1n) is 7.04. The van der Waals surface area contributed by atoms with Crippen LogP contribution in [0.2, 0.25) is 0 Å². The van der Waals surface area contributed by atoms with Gasteiger partial charge < -0.3 is 0 Å². The molecule has 0 saturated carbocycles. The number of nitrogens with zero attached hydrogens (tertiary/aromatic N) is 1. The average molecular weight is 283 g/mol. The van der Waals surface area contributed by atoms with E-state index < -0.39 is 10.8 Å². The van der Waals surface area contributed by atoms with Crippen molar-refractivity contribution in [3.8, 4) is 0 Å². The fourth-order valence-electron chi connectivity index (χ4n) is 2.56. The smallest absolute Gasteiger partial charge is 0.0752 e. The maximum absolute atomic E-state index is 10.5. The van der Waals surface area contributed by atoms with Crippen LogP contribution in [-0.4, -0.2) is 26.5 Å². The average Bonchev–Trinajstić information content (AvgIpc) is 2.39. The zero-order chi connectivity index (χ0) is 14.0. The van der Waals surface area contributed by atoms with Gasteiger partial charge in [0.25, 0.3) is 0 Å². The summed E-state index contributed by atoms with van der Waals surface area (Å²) in [5.74, 6) is 1.00. The summed E-state index contributed by atoms with van der Waals surface area (Å²) < 4.78 is 22.9. The molecule has 0 aromatic heterocycles. The van der Waals surface area contributed by atoms with E-state index in [0.717, 1.165) is 19.5 Å². The maximum Gasteiger partial charge on any atom is 0.0752 e. The fourth-order valence-corrected chi connectivity index (χ4v) is 4.21. The summed E-state index contributed by atoms with van der Waals surface area (Å²) in [4.78, 5) is 0.644. The lowest BCUT2D eigenvalue weighted by Gasteiger charge is -2.46. The van der Waals surface area contributed by atoms with Gasteiger partial charge in [-0.1, -0.05) is 32.9 Å². The van der Waals surface area contributed by atoms with Crippen molar-refractivity contribution in [2.24, 2.45) is 5.92 Å². The Hall–Kier alpha value is -0.550. The van der Waals surface area contributed by atoms with Crippen LogP contribution in [0.5, 0.6) is 0 Å². The monoisotopic (exact) mass is 283 g/mol. The molecule has 1 heterocycles. The molecule has 0 amide bonds. The second-order valence-electron chi connectivity index (χ2n) is 5.88. The minimum atomic E-state index is -2.80. The van der Waals surface area contributed by atoms with Crippen LogP contribution in [0.15, 0.2) is 29.2 Å². The van der Waals surface area contributed by atoms with E-state index in [1.165, 1.54) is 12.0 Å². The highest BCUT2D eigenvalue weighted by Gasteiger charge is 2.29. The Morgan fingerprint density at radius 2 is 1.84 bits per heavy atom. The Bertz CT molecular complexity index is 417. The molecule has 1 aliphatic rings. The summed E-state index contributed by atoms with van der Waals surface area (Å²) in [6.07, 6.45) is 2.22. The highest BCUT2D eigenvalue weighted by molar-refractivity contribution is 8.22. The first kappa shape index (κ1) is 14.9. The van der Waals surface area contributed by atoms with Gasteiger partial charge in [-0.05, 0) is 42.4 Å². The quantitative estimate of drug-likeness (QED) is 0.854. The Kier molecular flexibility index (Phi) is 4.56. The topological polar surface area (TPSA) is 43.7 Å². The molecule has 1 unspecified atom stereocenters. The Balaban J connectivity index is 2.18. The predicted octanol–water partition coefficient (Wildman–Crippen LogP) is 4.57. The van der Waals surface area contributed by atoms with E-state index in [0.29, 0.717) is 16.7 Å². The van der Waals surface area contributed by atoms with Crippen LogP contribution < -0.4 is 0 Å². The van der Waals surface area contributed by atoms with Crippen molar-refractivity contribution in [2.75, 3.05) is 13.1 Å². The van der Waals surface area contributed by atoms with Gasteiger partial charge in [-0.15, -0.1) is 10.8 Å². The molecule has 1 saturated heterocycles. The van der Waals surface area contributed by atoms with Crippen LogP contribution in [0, 0.1) is 5.92 Å². The van der Waals surface area contributed by atoms with Crippen molar-refractivity contribution in [2.45, 2.75) is 44.4 Å². The van der Waals surface area contributed by atoms with Gasteiger partial charge in [-0.3, -0.25) is 9.11 Å². The molecule has 4 heteroatoms. The molecule has 1 aromatic carbocycles. The summed E-state index contributed by atoms with van der Waals surface area (Å²) >= 11 is 0. The van der Waals surface area contributed by atoms with Gasteiger partial charge in [-0.25, -0.2) is 4.31 Å². The number of piperidine rings is 1. The predicted molar refractivity (Wildman–Crippen MR) is 81.6 cm³/mol. The number of benzene rings is 1. The SMILES string of the molecule is CC1CCCN(S(O)(O)c2ccc(C(C)C)cc2)C1. The zero-order valence-electron chi connectivity index (χ0n) is 12.0. The van der Waals surface area contributed by atoms with Crippen LogP contribution in [-0.2, 0) is 0 Å². The van der Waals surface area contributed by atoms with E-state index >= 15 is 0 Å². The van der Waals surface area contributed by atoms with Crippen LogP contribution >= 0.6 is 10.8 Å². The van der Waals surface area contributed by atoms with Crippen LogP contribution in [0.4, 0.5) is 0 Å². The Morgan fingerprint density at radius 1 is 1.21 bits per heavy atom. The molecular formula is C15H25NO2S. The third-order valence-corrected chi connectivity index (χ3v) is 5.80. The third-order valence-electron chi connectivity index (χ3n) is 3.84. The molecule has 2 rings (SSSR count). The zero-order valence-corrected chi connectivity index (χ0v) is 12.9. The van der Waals surface area contributed by atoms with E-state index in [1.807, 2.05) is 28.6 Å². The highest BCUT2D eigenvalue weighted by atomic mass is 32.3. The maximum atomic E-state index is 10.5. The summed E-state index contributed by atoms with van der Waals surface area (Å²) in [6, 6.07) is 7.73. The molecule has 108 valence electrons. The lowest BCUT2D eigenvalue weighted by molar-refractivity contribution is 0.255. The van der Waals surface area contributed by atoms with Gasteiger partial charge in [-0.2, -0.15) is 0 Å². The summed E-state index contributed by atoms with van der Waals surface area (Å²) in [6.45, 7) is 8.00. The summed E-state index contributed by atoms with van der Waals surface area (Å²) in [7, 11) is -2.80. The molecule has 0 bridgehead atoms. The Morgan fingerprint density at radius 3 is 2.37 bits per heavy atom. The van der Waals surface area contributed by atoms with Crippen molar-refractivity contribution in [3.05, 3.63) is 29.8 Å². The molecule has 0 radical (unpaired) electrons. The van der Waals surface area contributed by atoms with Gasteiger partial charge in [0.1, 0.15) is 0 Å². The van der Waals surface area contributed by atoms with Gasteiger partial charge in [0, 0.05) is 13.1 Å². The van der Waals surface area contributed by atoms with E-state index in [1.54, 1.807) is 0 Å². The van der Waals surface area contributed by atoms with Gasteiger partial charge >= 0.3 is 0 Å². The third kappa shape index (κ3) is 3.31. The molecule has 1 fully saturated rings.